The third-order valence-electron chi connectivity index (χ3n) is 9.60. The number of halogens is 1. The number of benzene rings is 1. The molecule has 1 aliphatic heterocycles. The molecule has 1 saturated heterocycles. The van der Waals surface area contributed by atoms with Gasteiger partial charge in [-0.15, -0.1) is 0 Å². The predicted molar refractivity (Wildman–Crippen MR) is 175 cm³/mol. The van der Waals surface area contributed by atoms with Crippen molar-refractivity contribution in [2.75, 3.05) is 37.9 Å². The quantitative estimate of drug-likeness (QED) is 0.241. The molecule has 1 aliphatic rings. The molecule has 0 bridgehead atoms. The Morgan fingerprint density at radius 2 is 1.89 bits per heavy atom. The van der Waals surface area contributed by atoms with E-state index in [1.807, 2.05) is 34.5 Å². The van der Waals surface area contributed by atoms with E-state index in [0.717, 1.165) is 48.0 Å². The van der Waals surface area contributed by atoms with Crippen molar-refractivity contribution in [3.63, 3.8) is 0 Å². The third kappa shape index (κ3) is 5.63. The van der Waals surface area contributed by atoms with Crippen molar-refractivity contribution >= 4 is 31.3 Å². The maximum atomic E-state index is 14.7. The summed E-state index contributed by atoms with van der Waals surface area (Å²) in [7, 11) is 1.45. The molecule has 0 aliphatic carbocycles. The van der Waals surface area contributed by atoms with Gasteiger partial charge in [0, 0.05) is 56.4 Å². The van der Waals surface area contributed by atoms with Crippen LogP contribution in [0.3, 0.4) is 0 Å². The number of nitrogen functional groups attached to an aromatic ring is 1. The van der Waals surface area contributed by atoms with Gasteiger partial charge in [0.25, 0.3) is 0 Å². The zero-order chi connectivity index (χ0) is 31.6. The molecule has 4 N–H and O–H groups in total. The Balaban J connectivity index is 1.54. The number of ether oxygens (including phenoxy) is 1. The molecule has 5 rings (SSSR count). The first-order valence-electron chi connectivity index (χ1n) is 15.3. The molecule has 1 amide bonds. The van der Waals surface area contributed by atoms with E-state index >= 15 is 0 Å². The molecule has 10 nitrogen and oxygen atoms in total. The third-order valence-corrected chi connectivity index (χ3v) is 15.2. The van der Waals surface area contributed by atoms with Crippen molar-refractivity contribution < 1.29 is 13.9 Å². The second-order valence-corrected chi connectivity index (χ2v) is 17.1. The minimum absolute atomic E-state index is 0.0315. The molecule has 4 heterocycles. The number of pyridine rings is 1. The van der Waals surface area contributed by atoms with Crippen LogP contribution in [0.25, 0.3) is 16.9 Å². The Bertz CT molecular complexity index is 1650. The summed E-state index contributed by atoms with van der Waals surface area (Å²) in [6.45, 7) is 7.70. The number of aromatic nitrogens is 4. The van der Waals surface area contributed by atoms with Crippen molar-refractivity contribution in [3.8, 4) is 17.0 Å². The van der Waals surface area contributed by atoms with Gasteiger partial charge in [-0.05, 0) is 60.8 Å². The van der Waals surface area contributed by atoms with E-state index in [0.29, 0.717) is 42.1 Å². The summed E-state index contributed by atoms with van der Waals surface area (Å²) in [6, 6.07) is 9.80. The van der Waals surface area contributed by atoms with Gasteiger partial charge in [-0.25, -0.2) is 14.4 Å². The molecule has 1 unspecified atom stereocenters. The van der Waals surface area contributed by atoms with Crippen LogP contribution in [0.5, 0.6) is 5.75 Å². The van der Waals surface area contributed by atoms with E-state index in [9.17, 15) is 9.18 Å². The van der Waals surface area contributed by atoms with E-state index in [2.05, 4.69) is 35.6 Å². The zero-order valence-electron chi connectivity index (χ0n) is 26.3. The molecule has 4 aromatic rings. The van der Waals surface area contributed by atoms with Crippen LogP contribution in [0, 0.1) is 5.82 Å². The minimum atomic E-state index is -1.95. The maximum Gasteiger partial charge on any atom is 0.236 e. The number of nitrogens with two attached hydrogens (primary N) is 2. The molecule has 1 aromatic carbocycles. The van der Waals surface area contributed by atoms with Crippen molar-refractivity contribution in [1.29, 1.82) is 0 Å². The maximum absolute atomic E-state index is 14.7. The van der Waals surface area contributed by atoms with Gasteiger partial charge in [-0.3, -0.25) is 14.2 Å². The first-order valence-corrected chi connectivity index (χ1v) is 17.9. The van der Waals surface area contributed by atoms with Crippen LogP contribution >= 0.6 is 0 Å². The molecular formula is C32H43FN8O2Si. The first kappa shape index (κ1) is 31.4. The molecule has 0 saturated carbocycles. The molecule has 3 aromatic heterocycles. The van der Waals surface area contributed by atoms with Gasteiger partial charge in [0.05, 0.1) is 24.7 Å². The van der Waals surface area contributed by atoms with Crippen LogP contribution in [-0.2, 0) is 11.2 Å². The van der Waals surface area contributed by atoms with Crippen molar-refractivity contribution in [2.24, 2.45) is 5.73 Å². The van der Waals surface area contributed by atoms with E-state index in [-0.39, 0.29) is 11.7 Å². The van der Waals surface area contributed by atoms with Crippen molar-refractivity contribution in [2.45, 2.75) is 63.7 Å². The van der Waals surface area contributed by atoms with E-state index < -0.39 is 19.6 Å². The fraction of sp³-hybridized carbons (Fsp3) is 0.438. The molecule has 44 heavy (non-hydrogen) atoms. The fourth-order valence-electron chi connectivity index (χ4n) is 6.69. The number of carbonyl (C=O) groups excluding carboxylic acids is 1. The number of rotatable bonds is 10. The molecule has 0 radical (unpaired) electrons. The Kier molecular flexibility index (Phi) is 8.94. The van der Waals surface area contributed by atoms with Gasteiger partial charge < -0.3 is 25.7 Å². The average molecular weight is 619 g/mol. The number of nitrogens with zero attached hydrogens (tertiary/aromatic N) is 6. The van der Waals surface area contributed by atoms with Crippen LogP contribution < -0.4 is 21.1 Å². The number of hydrogen-bond donors (Lipinski definition) is 2. The average Bonchev–Trinajstić information content (AvgIpc) is 3.45. The molecule has 234 valence electrons. The van der Waals surface area contributed by atoms with E-state index in [4.69, 9.17) is 21.2 Å². The summed E-state index contributed by atoms with van der Waals surface area (Å²) in [6.07, 6.45) is 8.98. The lowest BCUT2D eigenvalue weighted by Crippen LogP contribution is -2.67. The number of imidazole rings is 1. The smallest absolute Gasteiger partial charge is 0.236 e. The van der Waals surface area contributed by atoms with Crippen molar-refractivity contribution in [3.05, 3.63) is 66.1 Å². The van der Waals surface area contributed by atoms with Gasteiger partial charge in [-0.2, -0.15) is 0 Å². The molecule has 12 heteroatoms. The summed E-state index contributed by atoms with van der Waals surface area (Å²) in [5.74, 6) is 0.0928. The summed E-state index contributed by atoms with van der Waals surface area (Å²) >= 11 is 0. The van der Waals surface area contributed by atoms with Crippen LogP contribution in [-0.4, -0.2) is 70.8 Å². The highest BCUT2D eigenvalue weighted by Gasteiger charge is 2.46. The number of piperidine rings is 1. The molecular weight excluding hydrogens is 575 g/mol. The second kappa shape index (κ2) is 12.5. The number of hydrogen-bond acceptors (Lipinski definition) is 8. The second-order valence-electron chi connectivity index (χ2n) is 11.8. The molecule has 1 atom stereocenters. The van der Waals surface area contributed by atoms with E-state index in [1.54, 1.807) is 24.5 Å². The number of carbonyl (C=O) groups is 1. The predicted octanol–water partition coefficient (Wildman–Crippen LogP) is 4.87. The monoisotopic (exact) mass is 618 g/mol. The summed E-state index contributed by atoms with van der Waals surface area (Å²) in [4.78, 5) is 29.7. The lowest BCUT2D eigenvalue weighted by molar-refractivity contribution is -0.132. The highest BCUT2D eigenvalue weighted by Crippen LogP contribution is 2.34. The number of methoxy groups -OCH3 is 1. The van der Waals surface area contributed by atoms with Gasteiger partial charge in [0.15, 0.2) is 31.3 Å². The number of likely N-dealkylation sites (N-methyl/N-ethyl adjacent to an activating group) is 1. The van der Waals surface area contributed by atoms with Gasteiger partial charge in [0.1, 0.15) is 5.54 Å². The van der Waals surface area contributed by atoms with Crippen molar-refractivity contribution in [1.82, 2.24) is 23.9 Å². The Morgan fingerprint density at radius 3 is 2.57 bits per heavy atom. The lowest BCUT2D eigenvalue weighted by atomic mass is 9.88. The van der Waals surface area contributed by atoms with Crippen LogP contribution in [0.1, 0.15) is 44.9 Å². The molecule has 0 spiro atoms. The number of amides is 1. The SMILES string of the molecule is CC[Si](CC)(CC)N(C)C(=O)C1(N)CCCN(c2cnc(-c3ccc(OC)c(F)c3)cc2Cc2cnc3c(N)nccn23)C1. The Labute approximate surface area is 259 Å². The Morgan fingerprint density at radius 1 is 1.14 bits per heavy atom. The van der Waals surface area contributed by atoms with Gasteiger partial charge in [0.2, 0.25) is 5.91 Å². The Hall–Kier alpha value is -4.03. The largest absolute Gasteiger partial charge is 0.494 e. The lowest BCUT2D eigenvalue weighted by Gasteiger charge is -2.46. The minimum Gasteiger partial charge on any atom is -0.494 e. The van der Waals surface area contributed by atoms with Crippen LogP contribution in [0.15, 0.2) is 49.1 Å². The summed E-state index contributed by atoms with van der Waals surface area (Å²) in [5.41, 5.74) is 16.7. The normalized spacial score (nSPS) is 17.2. The summed E-state index contributed by atoms with van der Waals surface area (Å²) < 4.78 is 23.7. The van der Waals surface area contributed by atoms with Gasteiger partial charge in [-0.1, -0.05) is 20.8 Å². The highest BCUT2D eigenvalue weighted by atomic mass is 28.3. The highest BCUT2D eigenvalue weighted by molar-refractivity contribution is 6.79. The number of fused-ring (bicyclic) bond motifs is 1. The molecule has 1 fully saturated rings. The topological polar surface area (TPSA) is 128 Å². The standard InChI is InChI=1S/C32H43FN8O2Si/c1-6-44(7-2,8-3)39(4)31(42)32(35)12-9-14-40(21-32)27-20-37-26(22-10-11-28(43-5)25(33)17-22)18-23(27)16-24-19-38-30-29(34)36-13-15-41(24)30/h10-11,13,15,17-20H,6-9,12,14,16,21,35H2,1-5H3,(H2,34,36). The van der Waals surface area contributed by atoms with Crippen LogP contribution in [0.4, 0.5) is 15.9 Å². The van der Waals surface area contributed by atoms with E-state index in [1.165, 1.54) is 13.2 Å². The fourth-order valence-corrected chi connectivity index (χ4v) is 10.3. The van der Waals surface area contributed by atoms with Crippen LogP contribution in [0.2, 0.25) is 18.1 Å². The van der Waals surface area contributed by atoms with Gasteiger partial charge >= 0.3 is 0 Å². The zero-order valence-corrected chi connectivity index (χ0v) is 27.3. The first-order chi connectivity index (χ1) is 21.1. The number of anilines is 2. The summed E-state index contributed by atoms with van der Waals surface area (Å²) in [5, 5.41) is 0.